The Bertz CT molecular complexity index is 896. The fraction of sp³-hybridized carbons (Fsp3) is 0.200. The third-order valence-corrected chi connectivity index (χ3v) is 4.46. The first-order valence-corrected chi connectivity index (χ1v) is 8.31. The number of nitrogens with zero attached hydrogens (tertiary/aromatic N) is 2. The van der Waals surface area contributed by atoms with Gasteiger partial charge in [-0.3, -0.25) is 9.20 Å². The van der Waals surface area contributed by atoms with E-state index in [0.717, 1.165) is 42.0 Å². The van der Waals surface area contributed by atoms with Crippen LogP contribution in [0, 0.1) is 5.92 Å². The maximum absolute atomic E-state index is 12.7. The summed E-state index contributed by atoms with van der Waals surface area (Å²) in [5.41, 5.74) is 2.64. The summed E-state index contributed by atoms with van der Waals surface area (Å²) in [6, 6.07) is 15.8. The van der Waals surface area contributed by atoms with Crippen LogP contribution < -0.4 is 5.32 Å². The van der Waals surface area contributed by atoms with Crippen molar-refractivity contribution in [3.05, 3.63) is 66.9 Å². The highest BCUT2D eigenvalue weighted by molar-refractivity contribution is 5.96. The van der Waals surface area contributed by atoms with Gasteiger partial charge in [0.1, 0.15) is 17.2 Å². The van der Waals surface area contributed by atoms with Crippen molar-refractivity contribution in [2.75, 3.05) is 5.32 Å². The Balaban J connectivity index is 1.75. The summed E-state index contributed by atoms with van der Waals surface area (Å²) in [7, 11) is 0. The topological polar surface area (TPSA) is 46.4 Å². The number of rotatable bonds is 3. The van der Waals surface area contributed by atoms with Gasteiger partial charge in [0.05, 0.1) is 0 Å². The molecule has 1 atom stereocenters. The highest BCUT2D eigenvalue weighted by Gasteiger charge is 2.22. The summed E-state index contributed by atoms with van der Waals surface area (Å²) in [6.45, 7) is 0. The molecule has 0 spiro atoms. The lowest BCUT2D eigenvalue weighted by Gasteiger charge is -2.17. The van der Waals surface area contributed by atoms with E-state index in [1.165, 1.54) is 0 Å². The summed E-state index contributed by atoms with van der Waals surface area (Å²) in [5.74, 6) is 0.853. The lowest BCUT2D eigenvalue weighted by Crippen LogP contribution is -2.24. The molecule has 0 aliphatic heterocycles. The molecule has 4 nitrogen and oxygen atoms in total. The van der Waals surface area contributed by atoms with Crippen LogP contribution in [0.25, 0.3) is 16.9 Å². The van der Waals surface area contributed by atoms with E-state index in [4.69, 9.17) is 4.98 Å². The molecule has 1 aliphatic rings. The number of nitrogens with one attached hydrogen (secondary N) is 1. The summed E-state index contributed by atoms with van der Waals surface area (Å²) in [6.07, 6.45) is 8.86. The lowest BCUT2D eigenvalue weighted by atomic mass is 9.93. The molecule has 1 aliphatic carbocycles. The van der Waals surface area contributed by atoms with Crippen molar-refractivity contribution < 1.29 is 4.79 Å². The van der Waals surface area contributed by atoms with Gasteiger partial charge in [0, 0.05) is 17.7 Å². The molecule has 4 heteroatoms. The molecule has 4 rings (SSSR count). The average Bonchev–Trinajstić information content (AvgIpc) is 3.02. The van der Waals surface area contributed by atoms with Crippen LogP contribution >= 0.6 is 0 Å². The van der Waals surface area contributed by atoms with Crippen LogP contribution in [0.15, 0.2) is 66.9 Å². The quantitative estimate of drug-likeness (QED) is 0.732. The average molecular weight is 317 g/mol. The second-order valence-corrected chi connectivity index (χ2v) is 6.07. The van der Waals surface area contributed by atoms with E-state index in [-0.39, 0.29) is 11.8 Å². The molecular weight excluding hydrogens is 298 g/mol. The molecule has 0 radical (unpaired) electrons. The molecule has 2 heterocycles. The van der Waals surface area contributed by atoms with Crippen molar-refractivity contribution in [2.45, 2.75) is 19.3 Å². The summed E-state index contributed by atoms with van der Waals surface area (Å²) in [4.78, 5) is 17.4. The predicted molar refractivity (Wildman–Crippen MR) is 95.7 cm³/mol. The van der Waals surface area contributed by atoms with Gasteiger partial charge in [-0.05, 0) is 31.4 Å². The van der Waals surface area contributed by atoms with E-state index in [2.05, 4.69) is 17.5 Å². The van der Waals surface area contributed by atoms with Gasteiger partial charge in [-0.2, -0.15) is 0 Å². The number of pyridine rings is 1. The monoisotopic (exact) mass is 317 g/mol. The fourth-order valence-electron chi connectivity index (χ4n) is 3.16. The molecule has 0 saturated heterocycles. The van der Waals surface area contributed by atoms with Crippen LogP contribution in [0.4, 0.5) is 5.82 Å². The zero-order valence-corrected chi connectivity index (χ0v) is 13.4. The number of benzene rings is 1. The standard InChI is InChI=1S/C20H19N3O/c24-20(16-11-5-2-6-12-16)22-19-18(15-9-3-1-4-10-15)21-17-13-7-8-14-23(17)19/h1-5,7-10,13-14,16H,6,11-12H2,(H,22,24). The first kappa shape index (κ1) is 14.7. The molecule has 1 N–H and O–H groups in total. The van der Waals surface area contributed by atoms with E-state index in [1.807, 2.05) is 59.1 Å². The van der Waals surface area contributed by atoms with Crippen molar-refractivity contribution in [1.29, 1.82) is 0 Å². The number of amides is 1. The Labute approximate surface area is 140 Å². The van der Waals surface area contributed by atoms with E-state index < -0.39 is 0 Å². The largest absolute Gasteiger partial charge is 0.310 e. The Morgan fingerprint density at radius 1 is 1.08 bits per heavy atom. The van der Waals surface area contributed by atoms with Gasteiger partial charge in [-0.15, -0.1) is 0 Å². The van der Waals surface area contributed by atoms with Gasteiger partial charge < -0.3 is 5.32 Å². The summed E-state index contributed by atoms with van der Waals surface area (Å²) < 4.78 is 1.94. The first-order chi connectivity index (χ1) is 11.8. The molecule has 120 valence electrons. The van der Waals surface area contributed by atoms with E-state index in [0.29, 0.717) is 0 Å². The number of allylic oxidation sites excluding steroid dienone is 2. The van der Waals surface area contributed by atoms with Crippen LogP contribution in [0.1, 0.15) is 19.3 Å². The minimum Gasteiger partial charge on any atom is -0.310 e. The van der Waals surface area contributed by atoms with Crippen molar-refractivity contribution in [3.63, 3.8) is 0 Å². The normalized spacial score (nSPS) is 17.1. The second kappa shape index (κ2) is 6.32. The number of hydrogen-bond acceptors (Lipinski definition) is 2. The number of fused-ring (bicyclic) bond motifs is 1. The van der Waals surface area contributed by atoms with Gasteiger partial charge in [-0.1, -0.05) is 48.6 Å². The van der Waals surface area contributed by atoms with E-state index in [1.54, 1.807) is 0 Å². The smallest absolute Gasteiger partial charge is 0.228 e. The molecule has 3 aromatic rings. The molecule has 1 aromatic carbocycles. The van der Waals surface area contributed by atoms with Gasteiger partial charge in [0.2, 0.25) is 5.91 Å². The molecule has 24 heavy (non-hydrogen) atoms. The number of hydrogen-bond donors (Lipinski definition) is 1. The van der Waals surface area contributed by atoms with Gasteiger partial charge >= 0.3 is 0 Å². The number of carbonyl (C=O) groups excluding carboxylic acids is 1. The lowest BCUT2D eigenvalue weighted by molar-refractivity contribution is -0.120. The minimum atomic E-state index is 0.0351. The van der Waals surface area contributed by atoms with Crippen LogP contribution in [-0.4, -0.2) is 15.3 Å². The molecule has 0 bridgehead atoms. The maximum atomic E-state index is 12.7. The SMILES string of the molecule is O=C(Nc1c(-c2ccccc2)nc2ccccn12)C1CC=CCC1. The molecule has 0 saturated carbocycles. The molecular formula is C20H19N3O. The minimum absolute atomic E-state index is 0.0351. The van der Waals surface area contributed by atoms with Crippen molar-refractivity contribution in [1.82, 2.24) is 9.38 Å². The van der Waals surface area contributed by atoms with Crippen molar-refractivity contribution in [2.24, 2.45) is 5.92 Å². The molecule has 0 fully saturated rings. The zero-order valence-electron chi connectivity index (χ0n) is 13.4. The molecule has 1 unspecified atom stereocenters. The maximum Gasteiger partial charge on any atom is 0.228 e. The van der Waals surface area contributed by atoms with Crippen LogP contribution in [0.3, 0.4) is 0 Å². The van der Waals surface area contributed by atoms with Crippen molar-refractivity contribution in [3.8, 4) is 11.3 Å². The van der Waals surface area contributed by atoms with E-state index >= 15 is 0 Å². The van der Waals surface area contributed by atoms with Crippen LogP contribution in [0.5, 0.6) is 0 Å². The fourth-order valence-corrected chi connectivity index (χ4v) is 3.16. The second-order valence-electron chi connectivity index (χ2n) is 6.07. The highest BCUT2D eigenvalue weighted by Crippen LogP contribution is 2.30. The zero-order chi connectivity index (χ0) is 16.4. The number of anilines is 1. The highest BCUT2D eigenvalue weighted by atomic mass is 16.2. The Hall–Kier alpha value is -2.88. The Morgan fingerprint density at radius 2 is 1.92 bits per heavy atom. The molecule has 1 amide bonds. The third-order valence-electron chi connectivity index (χ3n) is 4.46. The van der Waals surface area contributed by atoms with Gasteiger partial charge in [-0.25, -0.2) is 4.98 Å². The molecule has 2 aromatic heterocycles. The number of imidazole rings is 1. The summed E-state index contributed by atoms with van der Waals surface area (Å²) in [5, 5.41) is 3.13. The van der Waals surface area contributed by atoms with Gasteiger partial charge in [0.15, 0.2) is 0 Å². The number of aromatic nitrogens is 2. The van der Waals surface area contributed by atoms with Crippen LogP contribution in [-0.2, 0) is 4.79 Å². The third kappa shape index (κ3) is 2.71. The van der Waals surface area contributed by atoms with Gasteiger partial charge in [0.25, 0.3) is 0 Å². The first-order valence-electron chi connectivity index (χ1n) is 8.31. The van der Waals surface area contributed by atoms with Crippen molar-refractivity contribution >= 4 is 17.4 Å². The summed E-state index contributed by atoms with van der Waals surface area (Å²) >= 11 is 0. The predicted octanol–water partition coefficient (Wildman–Crippen LogP) is 4.30. The number of carbonyl (C=O) groups is 1. The van der Waals surface area contributed by atoms with E-state index in [9.17, 15) is 4.79 Å². The Kier molecular flexibility index (Phi) is 3.87. The Morgan fingerprint density at radius 3 is 2.71 bits per heavy atom. The van der Waals surface area contributed by atoms with Crippen LogP contribution in [0.2, 0.25) is 0 Å².